The minimum atomic E-state index is -0.916. The molecule has 2 saturated heterocycles. The van der Waals surface area contributed by atoms with Crippen LogP contribution in [0.2, 0.25) is 0 Å². The van der Waals surface area contributed by atoms with Gasteiger partial charge in [0.15, 0.2) is 0 Å². The van der Waals surface area contributed by atoms with Crippen LogP contribution < -0.4 is 10.1 Å². The number of rotatable bonds is 6. The summed E-state index contributed by atoms with van der Waals surface area (Å²) in [6.07, 6.45) is 1.51. The first kappa shape index (κ1) is 21.1. The van der Waals surface area contributed by atoms with Gasteiger partial charge in [-0.25, -0.2) is 0 Å². The molecular weight excluding hydrogens is 414 g/mol. The van der Waals surface area contributed by atoms with E-state index in [1.54, 1.807) is 11.2 Å². The van der Waals surface area contributed by atoms with Crippen molar-refractivity contribution in [3.8, 4) is 5.75 Å². The lowest BCUT2D eigenvalue weighted by Crippen LogP contribution is -2.51. The maximum Gasteiger partial charge on any atom is 0.244 e. The lowest BCUT2D eigenvalue weighted by molar-refractivity contribution is -0.141. The van der Waals surface area contributed by atoms with E-state index in [1.165, 1.54) is 0 Å². The number of morpholine rings is 1. The second-order valence-electron chi connectivity index (χ2n) is 8.44. The minimum absolute atomic E-state index is 0.268. The van der Waals surface area contributed by atoms with E-state index in [0.29, 0.717) is 18.7 Å². The largest absolute Gasteiger partial charge is 0.485 e. The van der Waals surface area contributed by atoms with Crippen molar-refractivity contribution in [2.45, 2.75) is 44.8 Å². The van der Waals surface area contributed by atoms with E-state index in [-0.39, 0.29) is 24.8 Å². The van der Waals surface area contributed by atoms with E-state index in [0.717, 1.165) is 55.3 Å². The normalized spacial score (nSPS) is 24.4. The lowest BCUT2D eigenvalue weighted by atomic mass is 10.0. The maximum atomic E-state index is 12.3. The van der Waals surface area contributed by atoms with Crippen molar-refractivity contribution in [3.63, 3.8) is 0 Å². The van der Waals surface area contributed by atoms with Gasteiger partial charge < -0.3 is 19.0 Å². The van der Waals surface area contributed by atoms with E-state index >= 15 is 0 Å². The van der Waals surface area contributed by atoms with Gasteiger partial charge in [-0.2, -0.15) is 0 Å². The predicted molar refractivity (Wildman–Crippen MR) is 112 cm³/mol. The fourth-order valence-corrected chi connectivity index (χ4v) is 4.61. The number of furan rings is 1. The number of imide groups is 1. The minimum Gasteiger partial charge on any atom is -0.485 e. The van der Waals surface area contributed by atoms with Gasteiger partial charge in [-0.15, -0.1) is 0 Å². The van der Waals surface area contributed by atoms with Gasteiger partial charge in [-0.05, 0) is 18.6 Å². The summed E-state index contributed by atoms with van der Waals surface area (Å²) < 4.78 is 17.1. The van der Waals surface area contributed by atoms with Crippen LogP contribution in [-0.2, 0) is 34.0 Å². The van der Waals surface area contributed by atoms with E-state index in [1.807, 2.05) is 24.3 Å². The number of amides is 2. The van der Waals surface area contributed by atoms with Crippen molar-refractivity contribution in [2.24, 2.45) is 0 Å². The van der Waals surface area contributed by atoms with Crippen LogP contribution in [0, 0.1) is 0 Å². The Morgan fingerprint density at radius 2 is 2.06 bits per heavy atom. The molecule has 9 heteroatoms. The zero-order valence-corrected chi connectivity index (χ0v) is 17.8. The SMILES string of the molecule is O=C1CCC(N2Cc3c(OCc4cc(CN5CCOCC5)co4)cccc3C2O)C(=O)N1. The van der Waals surface area contributed by atoms with Crippen LogP contribution in [0.25, 0.3) is 0 Å². The van der Waals surface area contributed by atoms with Crippen molar-refractivity contribution in [1.82, 2.24) is 15.1 Å². The number of carbonyl (C=O) groups is 2. The molecule has 1 aromatic carbocycles. The van der Waals surface area contributed by atoms with Gasteiger partial charge in [0.2, 0.25) is 11.8 Å². The maximum absolute atomic E-state index is 12.3. The number of nitrogens with one attached hydrogen (secondary N) is 1. The predicted octanol–water partition coefficient (Wildman–Crippen LogP) is 1.30. The molecule has 0 radical (unpaired) electrons. The van der Waals surface area contributed by atoms with Crippen LogP contribution in [0.1, 0.15) is 41.5 Å². The fourth-order valence-electron chi connectivity index (χ4n) is 4.61. The zero-order chi connectivity index (χ0) is 22.1. The second kappa shape index (κ2) is 9.03. The van der Waals surface area contributed by atoms with Crippen LogP contribution in [0.5, 0.6) is 5.75 Å². The number of ether oxygens (including phenoxy) is 2. The first-order valence-electron chi connectivity index (χ1n) is 11.0. The van der Waals surface area contributed by atoms with Gasteiger partial charge in [-0.3, -0.25) is 24.7 Å². The van der Waals surface area contributed by atoms with Crippen molar-refractivity contribution in [1.29, 1.82) is 0 Å². The Kier molecular flexibility index (Phi) is 5.97. The zero-order valence-electron chi connectivity index (χ0n) is 17.8. The molecule has 4 heterocycles. The highest BCUT2D eigenvalue weighted by Crippen LogP contribution is 2.39. The van der Waals surface area contributed by atoms with Crippen LogP contribution in [0.15, 0.2) is 34.9 Å². The molecule has 2 N–H and O–H groups in total. The van der Waals surface area contributed by atoms with Crippen molar-refractivity contribution in [2.75, 3.05) is 26.3 Å². The van der Waals surface area contributed by atoms with Crippen LogP contribution in [0.4, 0.5) is 0 Å². The molecule has 170 valence electrons. The monoisotopic (exact) mass is 441 g/mol. The Bertz CT molecular complexity index is 999. The standard InChI is InChI=1S/C23H27N3O6/c27-21-5-4-19(22(28)24-21)26-12-18-17(23(26)29)2-1-3-20(18)32-14-16-10-15(13-31-16)11-25-6-8-30-9-7-25/h1-3,10,13,19,23,29H,4-9,11-12,14H2,(H,24,27,28). The molecule has 32 heavy (non-hydrogen) atoms. The molecule has 9 nitrogen and oxygen atoms in total. The molecule has 3 aliphatic rings. The Morgan fingerprint density at radius 3 is 2.88 bits per heavy atom. The summed E-state index contributed by atoms with van der Waals surface area (Å²) in [5, 5.41) is 13.2. The summed E-state index contributed by atoms with van der Waals surface area (Å²) in [4.78, 5) is 27.8. The summed E-state index contributed by atoms with van der Waals surface area (Å²) >= 11 is 0. The van der Waals surface area contributed by atoms with Crippen LogP contribution in [-0.4, -0.2) is 59.1 Å². The Hall–Kier alpha value is -2.72. The van der Waals surface area contributed by atoms with E-state index < -0.39 is 12.3 Å². The average Bonchev–Trinajstić information content (AvgIpc) is 3.38. The number of benzene rings is 1. The van der Waals surface area contributed by atoms with Crippen molar-refractivity contribution < 1.29 is 28.6 Å². The molecule has 2 atom stereocenters. The number of fused-ring (bicyclic) bond motifs is 1. The molecular formula is C23H27N3O6. The number of piperidine rings is 1. The molecule has 0 bridgehead atoms. The summed E-state index contributed by atoms with van der Waals surface area (Å²) in [6, 6.07) is 6.99. The third-order valence-electron chi connectivity index (χ3n) is 6.30. The number of aliphatic hydroxyl groups is 1. The highest BCUT2D eigenvalue weighted by Gasteiger charge is 2.40. The average molecular weight is 441 g/mol. The van der Waals surface area contributed by atoms with E-state index in [4.69, 9.17) is 13.9 Å². The number of carbonyl (C=O) groups excluding carboxylic acids is 2. The molecule has 2 unspecified atom stereocenters. The van der Waals surface area contributed by atoms with Crippen LogP contribution >= 0.6 is 0 Å². The Balaban J connectivity index is 1.24. The molecule has 0 spiro atoms. The second-order valence-corrected chi connectivity index (χ2v) is 8.44. The van der Waals surface area contributed by atoms with E-state index in [9.17, 15) is 14.7 Å². The smallest absolute Gasteiger partial charge is 0.244 e. The van der Waals surface area contributed by atoms with Gasteiger partial charge in [0.1, 0.15) is 24.3 Å². The molecule has 1 aromatic heterocycles. The van der Waals surface area contributed by atoms with Crippen molar-refractivity contribution in [3.05, 3.63) is 53.0 Å². The highest BCUT2D eigenvalue weighted by atomic mass is 16.5. The molecule has 2 fully saturated rings. The number of aliphatic hydroxyl groups excluding tert-OH is 1. The first-order chi connectivity index (χ1) is 15.6. The van der Waals surface area contributed by atoms with Gasteiger partial charge in [0, 0.05) is 49.3 Å². The molecule has 3 aliphatic heterocycles. The molecule has 0 saturated carbocycles. The molecule has 0 aliphatic carbocycles. The number of nitrogens with zero attached hydrogens (tertiary/aromatic N) is 2. The first-order valence-corrected chi connectivity index (χ1v) is 11.0. The van der Waals surface area contributed by atoms with Crippen LogP contribution in [0.3, 0.4) is 0 Å². The highest BCUT2D eigenvalue weighted by molar-refractivity contribution is 6.00. The van der Waals surface area contributed by atoms with Gasteiger partial charge >= 0.3 is 0 Å². The lowest BCUT2D eigenvalue weighted by Gasteiger charge is -2.31. The summed E-state index contributed by atoms with van der Waals surface area (Å²) in [7, 11) is 0. The summed E-state index contributed by atoms with van der Waals surface area (Å²) in [5.74, 6) is 0.751. The number of hydrogen-bond acceptors (Lipinski definition) is 8. The van der Waals surface area contributed by atoms with Gasteiger partial charge in [-0.1, -0.05) is 12.1 Å². The third-order valence-corrected chi connectivity index (χ3v) is 6.30. The topological polar surface area (TPSA) is 104 Å². The fraction of sp³-hybridized carbons (Fsp3) is 0.478. The Morgan fingerprint density at radius 1 is 1.22 bits per heavy atom. The Labute approximate surface area is 185 Å². The molecule has 5 rings (SSSR count). The number of hydrogen-bond donors (Lipinski definition) is 2. The van der Waals surface area contributed by atoms with E-state index in [2.05, 4.69) is 10.2 Å². The molecule has 2 aromatic rings. The third kappa shape index (κ3) is 4.29. The van der Waals surface area contributed by atoms with Crippen molar-refractivity contribution >= 4 is 11.8 Å². The van der Waals surface area contributed by atoms with Gasteiger partial charge in [0.25, 0.3) is 0 Å². The summed E-state index contributed by atoms with van der Waals surface area (Å²) in [5.41, 5.74) is 2.67. The molecule has 2 amide bonds. The quantitative estimate of drug-likeness (QED) is 0.647. The van der Waals surface area contributed by atoms with Gasteiger partial charge in [0.05, 0.1) is 25.5 Å². The summed E-state index contributed by atoms with van der Waals surface area (Å²) in [6.45, 7) is 4.82.